The number of nitrogens with zero attached hydrogens (tertiary/aromatic N) is 2. The third-order valence-electron chi connectivity index (χ3n) is 4.31. The number of rotatable bonds is 3. The number of amides is 1. The Kier molecular flexibility index (Phi) is 4.40. The van der Waals surface area contributed by atoms with Crippen LogP contribution in [0.5, 0.6) is 5.75 Å². The molecule has 0 atom stereocenters. The normalized spacial score (nSPS) is 14.1. The average Bonchev–Trinajstić information content (AvgIpc) is 2.99. The van der Waals surface area contributed by atoms with Gasteiger partial charge in [-0.2, -0.15) is 0 Å². The van der Waals surface area contributed by atoms with Gasteiger partial charge in [-0.05, 0) is 35.9 Å². The van der Waals surface area contributed by atoms with E-state index >= 15 is 0 Å². The van der Waals surface area contributed by atoms with Gasteiger partial charge in [0.25, 0.3) is 0 Å². The lowest BCUT2D eigenvalue weighted by atomic mass is 10.1. The lowest BCUT2D eigenvalue weighted by Gasteiger charge is -2.25. The molecule has 0 spiro atoms. The van der Waals surface area contributed by atoms with Crippen molar-refractivity contribution in [2.75, 3.05) is 19.0 Å². The first-order valence-electron chi connectivity index (χ1n) is 8.15. The molecule has 0 bridgehead atoms. The molecule has 0 fully saturated rings. The topological polar surface area (TPSA) is 79.5 Å². The molecule has 0 saturated carbocycles. The molecule has 3 aromatic rings. The number of H-pyrrole nitrogens is 1. The van der Waals surface area contributed by atoms with E-state index in [4.69, 9.17) is 21.2 Å². The molecule has 0 radical (unpaired) electrons. The Labute approximate surface area is 154 Å². The third kappa shape index (κ3) is 3.31. The van der Waals surface area contributed by atoms with Gasteiger partial charge in [0, 0.05) is 35.9 Å². The van der Waals surface area contributed by atoms with Crippen molar-refractivity contribution in [3.8, 4) is 5.75 Å². The first-order chi connectivity index (χ1) is 12.6. The number of pyridine rings is 1. The van der Waals surface area contributed by atoms with Crippen molar-refractivity contribution >= 4 is 34.4 Å². The molecule has 2 aromatic heterocycles. The van der Waals surface area contributed by atoms with Gasteiger partial charge in [-0.15, -0.1) is 5.06 Å². The van der Waals surface area contributed by atoms with Crippen LogP contribution in [0.4, 0.5) is 10.5 Å². The fourth-order valence-electron chi connectivity index (χ4n) is 3.05. The van der Waals surface area contributed by atoms with E-state index in [0.29, 0.717) is 23.8 Å². The van der Waals surface area contributed by atoms with Gasteiger partial charge in [-0.1, -0.05) is 11.6 Å². The largest absolute Gasteiger partial charge is 0.497 e. The van der Waals surface area contributed by atoms with Gasteiger partial charge in [0.2, 0.25) is 0 Å². The molecular formula is C18H17ClN4O3. The smallest absolute Gasteiger partial charge is 0.430 e. The van der Waals surface area contributed by atoms with Crippen LogP contribution in [0.2, 0.25) is 5.02 Å². The molecule has 3 heterocycles. The van der Waals surface area contributed by atoms with Crippen LogP contribution < -0.4 is 10.1 Å². The molecule has 26 heavy (non-hydrogen) atoms. The summed E-state index contributed by atoms with van der Waals surface area (Å²) in [6.07, 6.45) is 1.82. The van der Waals surface area contributed by atoms with E-state index in [1.165, 1.54) is 0 Å². The van der Waals surface area contributed by atoms with Crippen LogP contribution in [0.15, 0.2) is 36.5 Å². The van der Waals surface area contributed by atoms with Crippen molar-refractivity contribution in [2.24, 2.45) is 0 Å². The monoisotopic (exact) mass is 372 g/mol. The Hall–Kier alpha value is -2.77. The summed E-state index contributed by atoms with van der Waals surface area (Å²) in [6.45, 7) is 1.08. The molecule has 1 aliphatic heterocycles. The second-order valence-corrected chi connectivity index (χ2v) is 6.41. The van der Waals surface area contributed by atoms with Crippen LogP contribution in [0.3, 0.4) is 0 Å². The molecule has 0 unspecified atom stereocenters. The number of ether oxygens (including phenoxy) is 1. The van der Waals surface area contributed by atoms with E-state index in [1.807, 2.05) is 6.07 Å². The number of aromatic nitrogens is 2. The van der Waals surface area contributed by atoms with Crippen molar-refractivity contribution in [1.29, 1.82) is 0 Å². The SMILES string of the molecule is COc1ccc(NC(=O)ON2CCc3[nH]c4ncc(Cl)cc4c3C2)cc1. The fraction of sp³-hybridized carbons (Fsp3) is 0.222. The fourth-order valence-corrected chi connectivity index (χ4v) is 3.20. The number of aromatic amines is 1. The summed E-state index contributed by atoms with van der Waals surface area (Å²) >= 11 is 6.06. The number of carbonyl (C=O) groups excluding carboxylic acids is 1. The second-order valence-electron chi connectivity index (χ2n) is 5.98. The third-order valence-corrected chi connectivity index (χ3v) is 4.51. The summed E-state index contributed by atoms with van der Waals surface area (Å²) in [5, 5.41) is 5.87. The van der Waals surface area contributed by atoms with Gasteiger partial charge >= 0.3 is 6.09 Å². The molecule has 0 saturated heterocycles. The number of halogens is 1. The standard InChI is InChI=1S/C18H17ClN4O3/c1-25-13-4-2-12(3-5-13)21-18(24)26-23-7-6-16-15(10-23)14-8-11(19)9-20-17(14)22-16/h2-5,8-9H,6-7,10H2,1H3,(H,20,22)(H,21,24). The first-order valence-corrected chi connectivity index (χ1v) is 8.53. The minimum Gasteiger partial charge on any atom is -0.497 e. The lowest BCUT2D eigenvalue weighted by Crippen LogP contribution is -2.34. The molecule has 1 amide bonds. The van der Waals surface area contributed by atoms with Crippen LogP contribution >= 0.6 is 11.6 Å². The van der Waals surface area contributed by atoms with E-state index < -0.39 is 6.09 Å². The van der Waals surface area contributed by atoms with Crippen molar-refractivity contribution in [3.63, 3.8) is 0 Å². The zero-order valence-corrected chi connectivity index (χ0v) is 14.8. The molecule has 8 heteroatoms. The van der Waals surface area contributed by atoms with Crippen LogP contribution in [0.25, 0.3) is 11.0 Å². The lowest BCUT2D eigenvalue weighted by molar-refractivity contribution is -0.105. The number of anilines is 1. The zero-order chi connectivity index (χ0) is 18.1. The van der Waals surface area contributed by atoms with Crippen molar-refractivity contribution in [3.05, 3.63) is 52.8 Å². The number of carbonyl (C=O) groups is 1. The molecule has 1 aromatic carbocycles. The van der Waals surface area contributed by atoms with Gasteiger partial charge in [0.05, 0.1) is 18.7 Å². The molecule has 2 N–H and O–H groups in total. The Morgan fingerprint density at radius 1 is 1.35 bits per heavy atom. The second kappa shape index (κ2) is 6.86. The number of methoxy groups -OCH3 is 1. The summed E-state index contributed by atoms with van der Waals surface area (Å²) in [5.41, 5.74) is 3.59. The average molecular weight is 373 g/mol. The summed E-state index contributed by atoms with van der Waals surface area (Å²) in [6, 6.07) is 8.92. The number of nitrogens with one attached hydrogen (secondary N) is 2. The van der Waals surface area contributed by atoms with Crippen LogP contribution in [-0.2, 0) is 17.8 Å². The van der Waals surface area contributed by atoms with Crippen molar-refractivity contribution in [1.82, 2.24) is 15.0 Å². The van der Waals surface area contributed by atoms with Gasteiger partial charge in [-0.25, -0.2) is 9.78 Å². The molecule has 1 aliphatic rings. The molecule has 134 valence electrons. The minimum atomic E-state index is -0.533. The maximum absolute atomic E-state index is 12.2. The molecule has 4 rings (SSSR count). The highest BCUT2D eigenvalue weighted by Gasteiger charge is 2.24. The highest BCUT2D eigenvalue weighted by molar-refractivity contribution is 6.31. The van der Waals surface area contributed by atoms with Gasteiger partial charge in [-0.3, -0.25) is 5.32 Å². The van der Waals surface area contributed by atoms with Crippen LogP contribution in [0.1, 0.15) is 11.3 Å². The van der Waals surface area contributed by atoms with Gasteiger partial charge in [0.1, 0.15) is 11.4 Å². The quantitative estimate of drug-likeness (QED) is 0.732. The molecule has 7 nitrogen and oxygen atoms in total. The van der Waals surface area contributed by atoms with E-state index in [1.54, 1.807) is 42.6 Å². The van der Waals surface area contributed by atoms with E-state index in [-0.39, 0.29) is 0 Å². The predicted octanol–water partition coefficient (Wildman–Crippen LogP) is 3.75. The van der Waals surface area contributed by atoms with Crippen LogP contribution in [-0.4, -0.2) is 34.8 Å². The van der Waals surface area contributed by atoms with Crippen molar-refractivity contribution < 1.29 is 14.4 Å². The Morgan fingerprint density at radius 2 is 2.15 bits per heavy atom. The Bertz CT molecular complexity index is 955. The van der Waals surface area contributed by atoms with E-state index in [2.05, 4.69) is 15.3 Å². The number of benzene rings is 1. The Balaban J connectivity index is 1.44. The van der Waals surface area contributed by atoms with E-state index in [9.17, 15) is 4.79 Å². The zero-order valence-electron chi connectivity index (χ0n) is 14.1. The maximum atomic E-state index is 12.2. The summed E-state index contributed by atoms with van der Waals surface area (Å²) < 4.78 is 5.10. The van der Waals surface area contributed by atoms with Crippen LogP contribution in [0, 0.1) is 0 Å². The molecular weight excluding hydrogens is 356 g/mol. The number of fused-ring (bicyclic) bond motifs is 3. The predicted molar refractivity (Wildman–Crippen MR) is 98.3 cm³/mol. The number of hydrogen-bond donors (Lipinski definition) is 2. The number of hydrogen-bond acceptors (Lipinski definition) is 5. The van der Waals surface area contributed by atoms with Gasteiger partial charge < -0.3 is 14.6 Å². The summed E-state index contributed by atoms with van der Waals surface area (Å²) in [7, 11) is 1.59. The van der Waals surface area contributed by atoms with E-state index in [0.717, 1.165) is 34.5 Å². The highest BCUT2D eigenvalue weighted by atomic mass is 35.5. The first kappa shape index (κ1) is 16.7. The molecule has 0 aliphatic carbocycles. The number of hydroxylamine groups is 2. The Morgan fingerprint density at radius 3 is 2.92 bits per heavy atom. The minimum absolute atomic E-state index is 0.480. The highest BCUT2D eigenvalue weighted by Crippen LogP contribution is 2.28. The summed E-state index contributed by atoms with van der Waals surface area (Å²) in [4.78, 5) is 25.2. The summed E-state index contributed by atoms with van der Waals surface area (Å²) in [5.74, 6) is 0.721. The van der Waals surface area contributed by atoms with Gasteiger partial charge in [0.15, 0.2) is 0 Å². The maximum Gasteiger partial charge on any atom is 0.430 e. The van der Waals surface area contributed by atoms with Crippen molar-refractivity contribution in [2.45, 2.75) is 13.0 Å².